The molecule has 1 atom stereocenters. The topological polar surface area (TPSA) is 120 Å². The molecule has 0 saturated heterocycles. The van der Waals surface area contributed by atoms with Crippen molar-refractivity contribution in [2.45, 2.75) is 44.4 Å². The summed E-state index contributed by atoms with van der Waals surface area (Å²) in [6.45, 7) is 3.22. The number of aromatic nitrogens is 3. The summed E-state index contributed by atoms with van der Waals surface area (Å²) < 4.78 is 36.2. The van der Waals surface area contributed by atoms with E-state index in [2.05, 4.69) is 5.10 Å². The van der Waals surface area contributed by atoms with Crippen molar-refractivity contribution in [2.75, 3.05) is 5.73 Å². The van der Waals surface area contributed by atoms with Gasteiger partial charge in [0.05, 0.1) is 15.7 Å². The SMILES string of the molecule is CCC(=O)C1(c2cc(Oc3c(Cl)cc(-n4nc(N)c(=O)[nH]c4=O)cc3Cl)ccc2C)CCC1(F)F. The molecule has 3 N–H and O–H groups in total. The number of hydrogen-bond donors (Lipinski definition) is 2. The maximum absolute atomic E-state index is 14.8. The highest BCUT2D eigenvalue weighted by atomic mass is 35.5. The van der Waals surface area contributed by atoms with Gasteiger partial charge in [0, 0.05) is 12.8 Å². The minimum atomic E-state index is -3.17. The van der Waals surface area contributed by atoms with Crippen molar-refractivity contribution in [3.63, 3.8) is 0 Å². The second-order valence-electron chi connectivity index (χ2n) is 8.26. The summed E-state index contributed by atoms with van der Waals surface area (Å²) in [5, 5.41) is 3.66. The Morgan fingerprint density at radius 1 is 1.20 bits per heavy atom. The van der Waals surface area contributed by atoms with Crippen LogP contribution in [0.3, 0.4) is 0 Å². The molecule has 184 valence electrons. The Balaban J connectivity index is 1.75. The highest BCUT2D eigenvalue weighted by molar-refractivity contribution is 6.37. The van der Waals surface area contributed by atoms with E-state index in [-0.39, 0.29) is 52.1 Å². The lowest BCUT2D eigenvalue weighted by atomic mass is 9.57. The average molecular weight is 525 g/mol. The molecular weight excluding hydrogens is 505 g/mol. The molecule has 1 fully saturated rings. The molecule has 0 spiro atoms. The van der Waals surface area contributed by atoms with Gasteiger partial charge in [0.1, 0.15) is 16.9 Å². The van der Waals surface area contributed by atoms with E-state index >= 15 is 0 Å². The molecule has 1 unspecified atom stereocenters. The van der Waals surface area contributed by atoms with E-state index in [0.717, 1.165) is 4.68 Å². The number of nitrogen functional groups attached to an aromatic ring is 1. The maximum atomic E-state index is 14.8. The van der Waals surface area contributed by atoms with E-state index in [4.69, 9.17) is 33.7 Å². The zero-order valence-electron chi connectivity index (χ0n) is 18.6. The van der Waals surface area contributed by atoms with Crippen LogP contribution in [0.2, 0.25) is 10.0 Å². The summed E-state index contributed by atoms with van der Waals surface area (Å²) in [5.74, 6) is -4.00. The van der Waals surface area contributed by atoms with Crippen LogP contribution in [0.15, 0.2) is 39.9 Å². The number of aryl methyl sites for hydroxylation is 1. The third-order valence-corrected chi connectivity index (χ3v) is 6.77. The quantitative estimate of drug-likeness (QED) is 0.487. The summed E-state index contributed by atoms with van der Waals surface area (Å²) in [4.78, 5) is 38.3. The van der Waals surface area contributed by atoms with Gasteiger partial charge in [0.15, 0.2) is 5.75 Å². The predicted molar refractivity (Wildman–Crippen MR) is 127 cm³/mol. The van der Waals surface area contributed by atoms with Crippen LogP contribution in [0.4, 0.5) is 14.6 Å². The van der Waals surface area contributed by atoms with Crippen LogP contribution in [0.25, 0.3) is 5.69 Å². The van der Waals surface area contributed by atoms with Gasteiger partial charge in [-0.3, -0.25) is 14.6 Å². The third-order valence-electron chi connectivity index (χ3n) is 6.21. The number of nitrogens with one attached hydrogen (secondary N) is 1. The molecule has 1 saturated carbocycles. The average Bonchev–Trinajstić information content (AvgIpc) is 2.79. The molecule has 12 heteroatoms. The summed E-state index contributed by atoms with van der Waals surface area (Å²) >= 11 is 12.7. The molecule has 1 aliphatic rings. The van der Waals surface area contributed by atoms with Crippen molar-refractivity contribution in [1.29, 1.82) is 0 Å². The molecular formula is C23H20Cl2F2N4O4. The number of carbonyl (C=O) groups is 1. The van der Waals surface area contributed by atoms with Gasteiger partial charge in [-0.15, -0.1) is 5.10 Å². The predicted octanol–water partition coefficient (Wildman–Crippen LogP) is 4.56. The Labute approximate surface area is 207 Å². The van der Waals surface area contributed by atoms with Gasteiger partial charge in [0.25, 0.3) is 11.5 Å². The summed E-state index contributed by atoms with van der Waals surface area (Å²) in [6, 6.07) is 7.17. The molecule has 0 amide bonds. The van der Waals surface area contributed by atoms with Crippen molar-refractivity contribution in [2.24, 2.45) is 0 Å². The van der Waals surface area contributed by atoms with Crippen molar-refractivity contribution in [3.05, 3.63) is 72.3 Å². The van der Waals surface area contributed by atoms with Crippen LogP contribution in [0, 0.1) is 6.92 Å². The highest BCUT2D eigenvalue weighted by Gasteiger charge is 2.66. The first kappa shape index (κ1) is 24.9. The summed E-state index contributed by atoms with van der Waals surface area (Å²) in [6.07, 6.45) is -0.357. The Morgan fingerprint density at radius 3 is 2.40 bits per heavy atom. The number of hydrogen-bond acceptors (Lipinski definition) is 6. The van der Waals surface area contributed by atoms with Gasteiger partial charge in [-0.05, 0) is 48.7 Å². The van der Waals surface area contributed by atoms with Crippen LogP contribution < -0.4 is 21.7 Å². The molecule has 35 heavy (non-hydrogen) atoms. The smallest absolute Gasteiger partial charge is 0.349 e. The molecule has 2 aromatic carbocycles. The lowest BCUT2D eigenvalue weighted by molar-refractivity contribution is -0.173. The van der Waals surface area contributed by atoms with Crippen molar-refractivity contribution < 1.29 is 18.3 Å². The van der Waals surface area contributed by atoms with Crippen LogP contribution in [0.5, 0.6) is 11.5 Å². The first-order chi connectivity index (χ1) is 16.4. The zero-order chi connectivity index (χ0) is 25.7. The number of rotatable bonds is 6. The molecule has 1 aliphatic carbocycles. The third kappa shape index (κ3) is 4.00. The van der Waals surface area contributed by atoms with Gasteiger partial charge in [-0.25, -0.2) is 13.6 Å². The van der Waals surface area contributed by atoms with E-state index < -0.39 is 34.2 Å². The van der Waals surface area contributed by atoms with Crippen LogP contribution in [0.1, 0.15) is 37.3 Å². The van der Waals surface area contributed by atoms with Crippen LogP contribution in [-0.2, 0) is 10.2 Å². The van der Waals surface area contributed by atoms with Gasteiger partial charge in [0.2, 0.25) is 5.82 Å². The number of H-pyrrole nitrogens is 1. The van der Waals surface area contributed by atoms with E-state index in [9.17, 15) is 23.2 Å². The first-order valence-corrected chi connectivity index (χ1v) is 11.4. The van der Waals surface area contributed by atoms with E-state index in [0.29, 0.717) is 5.56 Å². The Kier molecular flexibility index (Phi) is 6.23. The second kappa shape index (κ2) is 8.76. The van der Waals surface area contributed by atoms with E-state index in [1.165, 1.54) is 18.2 Å². The Hall–Kier alpha value is -3.24. The minimum Gasteiger partial charge on any atom is -0.454 e. The number of nitrogens with zero attached hydrogens (tertiary/aromatic N) is 2. The number of Topliss-reactive ketones (excluding diaryl/α,β-unsaturated/α-hetero) is 1. The monoisotopic (exact) mass is 524 g/mol. The normalized spacial score (nSPS) is 18.7. The summed E-state index contributed by atoms with van der Waals surface area (Å²) in [5.41, 5.74) is 2.71. The Morgan fingerprint density at radius 2 is 1.86 bits per heavy atom. The van der Waals surface area contributed by atoms with Gasteiger partial charge < -0.3 is 10.5 Å². The molecule has 1 heterocycles. The number of carbonyl (C=O) groups excluding carboxylic acids is 1. The Bertz CT molecular complexity index is 1450. The fourth-order valence-electron chi connectivity index (χ4n) is 4.29. The minimum absolute atomic E-state index is 0.00595. The van der Waals surface area contributed by atoms with Gasteiger partial charge in [-0.2, -0.15) is 4.68 Å². The van der Waals surface area contributed by atoms with Crippen molar-refractivity contribution in [1.82, 2.24) is 14.8 Å². The number of nitrogens with two attached hydrogens (primary N) is 1. The van der Waals surface area contributed by atoms with Gasteiger partial charge >= 0.3 is 5.69 Å². The highest BCUT2D eigenvalue weighted by Crippen LogP contribution is 2.57. The maximum Gasteiger partial charge on any atom is 0.349 e. The van der Waals surface area contributed by atoms with Crippen LogP contribution in [-0.4, -0.2) is 26.5 Å². The van der Waals surface area contributed by atoms with E-state index in [1.54, 1.807) is 26.0 Å². The molecule has 0 radical (unpaired) electrons. The van der Waals surface area contributed by atoms with Gasteiger partial charge in [-0.1, -0.05) is 36.2 Å². The molecule has 0 bridgehead atoms. The number of anilines is 1. The number of halogens is 4. The molecule has 4 rings (SSSR count). The number of alkyl halides is 2. The fraction of sp³-hybridized carbons (Fsp3) is 0.304. The number of aromatic amines is 1. The molecule has 1 aromatic heterocycles. The van der Waals surface area contributed by atoms with Crippen molar-refractivity contribution in [3.8, 4) is 17.2 Å². The number of ether oxygens (including phenoxy) is 1. The number of benzene rings is 2. The largest absolute Gasteiger partial charge is 0.454 e. The van der Waals surface area contributed by atoms with Crippen molar-refractivity contribution >= 4 is 34.8 Å². The lowest BCUT2D eigenvalue weighted by Gasteiger charge is -2.48. The van der Waals surface area contributed by atoms with E-state index in [1.807, 2.05) is 4.98 Å². The second-order valence-corrected chi connectivity index (χ2v) is 9.07. The fourth-order valence-corrected chi connectivity index (χ4v) is 4.84. The standard InChI is InChI=1S/C23H20Cl2F2N4O4/c1-3-17(32)22(6-7-23(22,26)27)14-10-13(5-4-11(14)2)35-18-15(24)8-12(9-16(18)25)31-21(34)29-20(33)19(28)30-31/h4-5,8-10H,3,6-7H2,1-2H3,(H2,28,30)(H,29,33,34). The zero-order valence-corrected chi connectivity index (χ0v) is 20.1. The summed E-state index contributed by atoms with van der Waals surface area (Å²) in [7, 11) is 0. The molecule has 3 aromatic rings. The van der Waals surface area contributed by atoms with Crippen LogP contribution >= 0.6 is 23.2 Å². The molecule has 8 nitrogen and oxygen atoms in total. The first-order valence-electron chi connectivity index (χ1n) is 10.6. The lowest BCUT2D eigenvalue weighted by Crippen LogP contribution is -2.59. The molecule has 0 aliphatic heterocycles. The number of ketones is 1.